The van der Waals surface area contributed by atoms with Crippen molar-refractivity contribution in [2.75, 3.05) is 18.0 Å². The summed E-state index contributed by atoms with van der Waals surface area (Å²) < 4.78 is 0. The molecule has 2 unspecified atom stereocenters. The summed E-state index contributed by atoms with van der Waals surface area (Å²) in [5.74, 6) is 2.56. The summed E-state index contributed by atoms with van der Waals surface area (Å²) in [6, 6.07) is 0. The molecular formula is C13H19N3O. The average Bonchev–Trinajstić information content (AvgIpc) is 2.88. The number of rotatable bonds is 2. The Labute approximate surface area is 102 Å². The normalized spacial score (nSPS) is 27.5. The van der Waals surface area contributed by atoms with E-state index < -0.39 is 0 Å². The van der Waals surface area contributed by atoms with Gasteiger partial charge in [0, 0.05) is 30.5 Å². The molecule has 2 atom stereocenters. The number of hydrogen-bond acceptors (Lipinski definition) is 4. The Morgan fingerprint density at radius 1 is 1.35 bits per heavy atom. The van der Waals surface area contributed by atoms with Crippen molar-refractivity contribution in [3.05, 3.63) is 17.5 Å². The number of fused-ring (bicyclic) bond motifs is 1. The van der Waals surface area contributed by atoms with Crippen LogP contribution in [0.5, 0.6) is 0 Å². The van der Waals surface area contributed by atoms with Crippen LogP contribution in [0.1, 0.15) is 30.5 Å². The first-order valence-electron chi connectivity index (χ1n) is 6.46. The van der Waals surface area contributed by atoms with Crippen molar-refractivity contribution in [3.8, 4) is 0 Å². The van der Waals surface area contributed by atoms with Gasteiger partial charge in [-0.25, -0.2) is 9.97 Å². The van der Waals surface area contributed by atoms with Crippen LogP contribution < -0.4 is 4.90 Å². The van der Waals surface area contributed by atoms with Crippen LogP contribution in [-0.4, -0.2) is 28.2 Å². The Balaban J connectivity index is 1.79. The van der Waals surface area contributed by atoms with Gasteiger partial charge in [0.1, 0.15) is 0 Å². The standard InChI is InChI=1S/C13H19N3O/c1-9-12(8-17)5-14-13(15-9)16-6-10-3-2-4-11(10)7-16/h5,10-11,17H,2-4,6-8H2,1H3. The quantitative estimate of drug-likeness (QED) is 0.841. The third-order valence-corrected chi connectivity index (χ3v) is 4.25. The molecule has 1 N–H and O–H groups in total. The second-order valence-electron chi connectivity index (χ2n) is 5.29. The number of hydrogen-bond donors (Lipinski definition) is 1. The van der Waals surface area contributed by atoms with Crippen LogP contribution >= 0.6 is 0 Å². The van der Waals surface area contributed by atoms with E-state index in [1.807, 2.05) is 6.92 Å². The maximum Gasteiger partial charge on any atom is 0.225 e. The summed E-state index contributed by atoms with van der Waals surface area (Å²) in [4.78, 5) is 11.2. The lowest BCUT2D eigenvalue weighted by Gasteiger charge is -2.17. The van der Waals surface area contributed by atoms with Gasteiger partial charge >= 0.3 is 0 Å². The largest absolute Gasteiger partial charge is 0.392 e. The van der Waals surface area contributed by atoms with E-state index in [1.165, 1.54) is 19.3 Å². The molecule has 0 radical (unpaired) electrons. The summed E-state index contributed by atoms with van der Waals surface area (Å²) >= 11 is 0. The van der Waals surface area contributed by atoms with Gasteiger partial charge in [-0.15, -0.1) is 0 Å². The molecule has 1 aromatic rings. The molecule has 92 valence electrons. The summed E-state index contributed by atoms with van der Waals surface area (Å²) in [5, 5.41) is 9.11. The molecule has 4 heteroatoms. The Morgan fingerprint density at radius 3 is 2.65 bits per heavy atom. The van der Waals surface area contributed by atoms with Crippen molar-refractivity contribution in [2.24, 2.45) is 11.8 Å². The lowest BCUT2D eigenvalue weighted by atomic mass is 10.0. The van der Waals surface area contributed by atoms with E-state index in [0.29, 0.717) is 0 Å². The molecule has 1 aromatic heterocycles. The van der Waals surface area contributed by atoms with Crippen LogP contribution in [0.15, 0.2) is 6.20 Å². The molecule has 2 aliphatic rings. The molecule has 0 spiro atoms. The van der Waals surface area contributed by atoms with Crippen molar-refractivity contribution in [1.29, 1.82) is 0 Å². The van der Waals surface area contributed by atoms with Crippen molar-refractivity contribution in [1.82, 2.24) is 9.97 Å². The third kappa shape index (κ3) is 1.90. The Bertz CT molecular complexity index is 409. The van der Waals surface area contributed by atoms with E-state index in [4.69, 9.17) is 5.11 Å². The molecule has 1 saturated heterocycles. The van der Waals surface area contributed by atoms with Gasteiger partial charge < -0.3 is 10.0 Å². The van der Waals surface area contributed by atoms with Gasteiger partial charge in [0.05, 0.1) is 6.61 Å². The zero-order valence-corrected chi connectivity index (χ0v) is 10.3. The van der Waals surface area contributed by atoms with Crippen molar-refractivity contribution in [3.63, 3.8) is 0 Å². The van der Waals surface area contributed by atoms with Crippen LogP contribution in [0.25, 0.3) is 0 Å². The molecule has 3 rings (SSSR count). The molecule has 1 aliphatic carbocycles. The molecule has 0 aromatic carbocycles. The van der Waals surface area contributed by atoms with Crippen LogP contribution in [0.2, 0.25) is 0 Å². The summed E-state index contributed by atoms with van der Waals surface area (Å²) in [5.41, 5.74) is 1.72. The summed E-state index contributed by atoms with van der Waals surface area (Å²) in [6.45, 7) is 4.19. The molecule has 2 fully saturated rings. The number of aliphatic hydroxyl groups is 1. The van der Waals surface area contributed by atoms with E-state index in [9.17, 15) is 0 Å². The predicted molar refractivity (Wildman–Crippen MR) is 65.7 cm³/mol. The molecular weight excluding hydrogens is 214 g/mol. The molecule has 1 aliphatic heterocycles. The highest BCUT2D eigenvalue weighted by molar-refractivity contribution is 5.35. The molecule has 17 heavy (non-hydrogen) atoms. The second-order valence-corrected chi connectivity index (χ2v) is 5.29. The maximum atomic E-state index is 9.11. The van der Waals surface area contributed by atoms with E-state index in [1.54, 1.807) is 6.20 Å². The highest BCUT2D eigenvalue weighted by atomic mass is 16.3. The Hall–Kier alpha value is -1.16. The summed E-state index contributed by atoms with van der Waals surface area (Å²) in [7, 11) is 0. The number of aromatic nitrogens is 2. The predicted octanol–water partition coefficient (Wildman–Crippen LogP) is 1.51. The zero-order chi connectivity index (χ0) is 11.8. The average molecular weight is 233 g/mol. The van der Waals surface area contributed by atoms with Gasteiger partial charge in [-0.2, -0.15) is 0 Å². The Morgan fingerprint density at radius 2 is 2.06 bits per heavy atom. The minimum absolute atomic E-state index is 0.0252. The minimum Gasteiger partial charge on any atom is -0.392 e. The lowest BCUT2D eigenvalue weighted by molar-refractivity contribution is 0.280. The van der Waals surface area contributed by atoms with E-state index in [2.05, 4.69) is 14.9 Å². The zero-order valence-electron chi connectivity index (χ0n) is 10.3. The topological polar surface area (TPSA) is 49.2 Å². The smallest absolute Gasteiger partial charge is 0.225 e. The first-order valence-corrected chi connectivity index (χ1v) is 6.46. The van der Waals surface area contributed by atoms with Crippen LogP contribution in [0.3, 0.4) is 0 Å². The van der Waals surface area contributed by atoms with Crippen molar-refractivity contribution < 1.29 is 5.11 Å². The fraction of sp³-hybridized carbons (Fsp3) is 0.692. The number of nitrogens with zero attached hydrogens (tertiary/aromatic N) is 3. The number of aliphatic hydroxyl groups excluding tert-OH is 1. The minimum atomic E-state index is 0.0252. The highest BCUT2D eigenvalue weighted by Crippen LogP contribution is 2.38. The monoisotopic (exact) mass is 233 g/mol. The van der Waals surface area contributed by atoms with Crippen LogP contribution in [0, 0.1) is 18.8 Å². The Kier molecular flexibility index (Phi) is 2.74. The SMILES string of the molecule is Cc1nc(N2CC3CCCC3C2)ncc1CO. The van der Waals surface area contributed by atoms with Crippen LogP contribution in [-0.2, 0) is 6.61 Å². The molecule has 1 saturated carbocycles. The van der Waals surface area contributed by atoms with Crippen molar-refractivity contribution >= 4 is 5.95 Å². The third-order valence-electron chi connectivity index (χ3n) is 4.25. The second kappa shape index (κ2) is 4.26. The van der Waals surface area contributed by atoms with E-state index in [0.717, 1.165) is 42.1 Å². The molecule has 0 bridgehead atoms. The van der Waals surface area contributed by atoms with Gasteiger partial charge in [-0.3, -0.25) is 0 Å². The molecule has 0 amide bonds. The van der Waals surface area contributed by atoms with E-state index in [-0.39, 0.29) is 6.61 Å². The van der Waals surface area contributed by atoms with Gasteiger partial charge in [-0.05, 0) is 31.6 Å². The number of anilines is 1. The first-order chi connectivity index (χ1) is 8.28. The fourth-order valence-corrected chi connectivity index (χ4v) is 3.19. The first kappa shape index (κ1) is 11.0. The van der Waals surface area contributed by atoms with Crippen molar-refractivity contribution in [2.45, 2.75) is 32.8 Å². The van der Waals surface area contributed by atoms with Gasteiger partial charge in [0.2, 0.25) is 5.95 Å². The van der Waals surface area contributed by atoms with Gasteiger partial charge in [-0.1, -0.05) is 6.42 Å². The van der Waals surface area contributed by atoms with Crippen LogP contribution in [0.4, 0.5) is 5.95 Å². The summed E-state index contributed by atoms with van der Waals surface area (Å²) in [6.07, 6.45) is 5.89. The van der Waals surface area contributed by atoms with Gasteiger partial charge in [0.15, 0.2) is 0 Å². The number of aryl methyl sites for hydroxylation is 1. The van der Waals surface area contributed by atoms with Gasteiger partial charge in [0.25, 0.3) is 0 Å². The lowest BCUT2D eigenvalue weighted by Crippen LogP contribution is -2.23. The fourth-order valence-electron chi connectivity index (χ4n) is 3.19. The maximum absolute atomic E-state index is 9.11. The van der Waals surface area contributed by atoms with E-state index >= 15 is 0 Å². The molecule has 4 nitrogen and oxygen atoms in total. The highest BCUT2D eigenvalue weighted by Gasteiger charge is 2.36. The molecule has 2 heterocycles.